The molecule has 6 heteroatoms. The standard InChI is InChI=1S/C20H16ClN3O2/c1-24(16-9-3-2-4-10-16)20(26)18-12-6-11-17(23-18)19(25)22-15-8-5-7-14(21)13-15/h2-13H,1H3,(H,22,25). The van der Waals surface area contributed by atoms with E-state index in [1.165, 1.54) is 4.90 Å². The molecule has 0 aliphatic heterocycles. The molecule has 0 saturated carbocycles. The van der Waals surface area contributed by atoms with Crippen LogP contribution < -0.4 is 10.2 Å². The number of hydrogen-bond acceptors (Lipinski definition) is 3. The lowest BCUT2D eigenvalue weighted by Crippen LogP contribution is -2.27. The number of amides is 2. The van der Waals surface area contributed by atoms with Gasteiger partial charge < -0.3 is 10.2 Å². The molecule has 0 aliphatic carbocycles. The van der Waals surface area contributed by atoms with Gasteiger partial charge in [-0.25, -0.2) is 4.98 Å². The summed E-state index contributed by atoms with van der Waals surface area (Å²) in [6.45, 7) is 0. The quantitative estimate of drug-likeness (QED) is 0.751. The van der Waals surface area contributed by atoms with Crippen LogP contribution in [0.3, 0.4) is 0 Å². The summed E-state index contributed by atoms with van der Waals surface area (Å²) >= 11 is 5.92. The summed E-state index contributed by atoms with van der Waals surface area (Å²) in [5, 5.41) is 3.23. The Balaban J connectivity index is 1.79. The molecule has 0 spiro atoms. The summed E-state index contributed by atoms with van der Waals surface area (Å²) in [7, 11) is 1.66. The molecule has 1 heterocycles. The number of carbonyl (C=O) groups is 2. The topological polar surface area (TPSA) is 62.3 Å². The molecule has 1 aromatic heterocycles. The highest BCUT2D eigenvalue weighted by Gasteiger charge is 2.17. The molecule has 3 rings (SSSR count). The monoisotopic (exact) mass is 365 g/mol. The maximum absolute atomic E-state index is 12.6. The van der Waals surface area contributed by atoms with Crippen molar-refractivity contribution in [1.82, 2.24) is 4.98 Å². The Morgan fingerprint density at radius 2 is 1.62 bits per heavy atom. The van der Waals surface area contributed by atoms with Crippen molar-refractivity contribution in [2.45, 2.75) is 0 Å². The SMILES string of the molecule is CN(C(=O)c1cccc(C(=O)Nc2cccc(Cl)c2)n1)c1ccccc1. The molecule has 0 fully saturated rings. The summed E-state index contributed by atoms with van der Waals surface area (Å²) < 4.78 is 0. The van der Waals surface area contributed by atoms with E-state index in [0.717, 1.165) is 5.69 Å². The van der Waals surface area contributed by atoms with Crippen LogP contribution in [-0.4, -0.2) is 23.8 Å². The Hall–Kier alpha value is -3.18. The minimum absolute atomic E-state index is 0.150. The van der Waals surface area contributed by atoms with Crippen LogP contribution in [0.1, 0.15) is 21.0 Å². The highest BCUT2D eigenvalue weighted by atomic mass is 35.5. The zero-order valence-corrected chi connectivity index (χ0v) is 14.8. The van der Waals surface area contributed by atoms with E-state index < -0.39 is 5.91 Å². The number of rotatable bonds is 4. The van der Waals surface area contributed by atoms with Crippen LogP contribution in [-0.2, 0) is 0 Å². The van der Waals surface area contributed by atoms with Gasteiger partial charge in [0.05, 0.1) is 0 Å². The Kier molecular flexibility index (Phi) is 5.29. The van der Waals surface area contributed by atoms with Crippen LogP contribution >= 0.6 is 11.6 Å². The number of anilines is 2. The first-order valence-electron chi connectivity index (χ1n) is 7.91. The van der Waals surface area contributed by atoms with Crippen LogP contribution in [0, 0.1) is 0 Å². The zero-order chi connectivity index (χ0) is 18.5. The third kappa shape index (κ3) is 4.07. The largest absolute Gasteiger partial charge is 0.321 e. The number of nitrogens with zero attached hydrogens (tertiary/aromatic N) is 2. The van der Waals surface area contributed by atoms with Gasteiger partial charge in [-0.05, 0) is 42.5 Å². The van der Waals surface area contributed by atoms with Gasteiger partial charge in [0.1, 0.15) is 11.4 Å². The predicted molar refractivity (Wildman–Crippen MR) is 103 cm³/mol. The van der Waals surface area contributed by atoms with Gasteiger partial charge in [0.25, 0.3) is 11.8 Å². The van der Waals surface area contributed by atoms with Crippen molar-refractivity contribution < 1.29 is 9.59 Å². The third-order valence-electron chi connectivity index (χ3n) is 3.73. The number of pyridine rings is 1. The Bertz CT molecular complexity index is 945. The van der Waals surface area contributed by atoms with Crippen LogP contribution in [0.15, 0.2) is 72.8 Å². The van der Waals surface area contributed by atoms with Gasteiger partial charge in [-0.2, -0.15) is 0 Å². The van der Waals surface area contributed by atoms with Crippen molar-refractivity contribution in [3.63, 3.8) is 0 Å². The Labute approximate surface area is 156 Å². The Morgan fingerprint density at radius 3 is 2.35 bits per heavy atom. The number of nitrogens with one attached hydrogen (secondary N) is 1. The summed E-state index contributed by atoms with van der Waals surface area (Å²) in [5.74, 6) is -0.710. The van der Waals surface area contributed by atoms with Crippen molar-refractivity contribution in [3.05, 3.63) is 89.2 Å². The molecule has 0 saturated heterocycles. The van der Waals surface area contributed by atoms with Gasteiger partial charge in [-0.3, -0.25) is 9.59 Å². The first-order valence-corrected chi connectivity index (χ1v) is 8.29. The molecule has 26 heavy (non-hydrogen) atoms. The van der Waals surface area contributed by atoms with Crippen molar-refractivity contribution in [1.29, 1.82) is 0 Å². The van der Waals surface area contributed by atoms with Gasteiger partial charge in [0.2, 0.25) is 0 Å². The third-order valence-corrected chi connectivity index (χ3v) is 3.97. The summed E-state index contributed by atoms with van der Waals surface area (Å²) in [4.78, 5) is 30.7. The normalized spacial score (nSPS) is 10.2. The minimum atomic E-state index is -0.413. The fourth-order valence-electron chi connectivity index (χ4n) is 2.38. The minimum Gasteiger partial charge on any atom is -0.321 e. The average Bonchev–Trinajstić information content (AvgIpc) is 2.67. The molecule has 130 valence electrons. The van der Waals surface area contributed by atoms with E-state index in [4.69, 9.17) is 11.6 Å². The first kappa shape index (κ1) is 17.6. The fourth-order valence-corrected chi connectivity index (χ4v) is 2.57. The second-order valence-corrected chi connectivity index (χ2v) is 6.01. The zero-order valence-electron chi connectivity index (χ0n) is 14.0. The maximum atomic E-state index is 12.6. The lowest BCUT2D eigenvalue weighted by molar-refractivity contribution is 0.0988. The molecule has 0 atom stereocenters. The van der Waals surface area contributed by atoms with Gasteiger partial charge in [-0.1, -0.05) is 41.9 Å². The number of carbonyl (C=O) groups excluding carboxylic acids is 2. The second kappa shape index (κ2) is 7.80. The molecule has 1 N–H and O–H groups in total. The number of benzene rings is 2. The number of aromatic nitrogens is 1. The second-order valence-electron chi connectivity index (χ2n) is 5.57. The molecule has 0 aliphatic rings. The summed E-state index contributed by atoms with van der Waals surface area (Å²) in [6.07, 6.45) is 0. The highest BCUT2D eigenvalue weighted by Crippen LogP contribution is 2.17. The molecule has 0 bridgehead atoms. The summed E-state index contributed by atoms with van der Waals surface area (Å²) in [6, 6.07) is 20.8. The molecule has 2 aromatic carbocycles. The first-order chi connectivity index (χ1) is 12.5. The van der Waals surface area contributed by atoms with Gasteiger partial charge in [-0.15, -0.1) is 0 Å². The van der Waals surface area contributed by atoms with Crippen LogP contribution in [0.5, 0.6) is 0 Å². The smallest absolute Gasteiger partial charge is 0.276 e. The number of para-hydroxylation sites is 1. The molecular weight excluding hydrogens is 350 g/mol. The molecule has 0 unspecified atom stereocenters. The van der Waals surface area contributed by atoms with Crippen LogP contribution in [0.2, 0.25) is 5.02 Å². The lowest BCUT2D eigenvalue weighted by atomic mass is 10.2. The molecular formula is C20H16ClN3O2. The molecule has 2 amide bonds. The van der Waals surface area contributed by atoms with E-state index in [9.17, 15) is 9.59 Å². The van der Waals surface area contributed by atoms with E-state index >= 15 is 0 Å². The fraction of sp³-hybridized carbons (Fsp3) is 0.0500. The van der Waals surface area contributed by atoms with Crippen molar-refractivity contribution >= 4 is 34.8 Å². The van der Waals surface area contributed by atoms with E-state index in [0.29, 0.717) is 10.7 Å². The van der Waals surface area contributed by atoms with E-state index in [1.54, 1.807) is 49.5 Å². The Morgan fingerprint density at radius 1 is 0.923 bits per heavy atom. The summed E-state index contributed by atoms with van der Waals surface area (Å²) in [5.41, 5.74) is 1.64. The van der Waals surface area contributed by atoms with E-state index in [1.807, 2.05) is 30.3 Å². The van der Waals surface area contributed by atoms with Crippen molar-refractivity contribution in [3.8, 4) is 0 Å². The molecule has 5 nitrogen and oxygen atoms in total. The van der Waals surface area contributed by atoms with Crippen LogP contribution in [0.25, 0.3) is 0 Å². The highest BCUT2D eigenvalue weighted by molar-refractivity contribution is 6.31. The number of hydrogen-bond donors (Lipinski definition) is 1. The maximum Gasteiger partial charge on any atom is 0.276 e. The molecule has 3 aromatic rings. The van der Waals surface area contributed by atoms with E-state index in [2.05, 4.69) is 10.3 Å². The average molecular weight is 366 g/mol. The van der Waals surface area contributed by atoms with Gasteiger partial charge in [0, 0.05) is 23.4 Å². The van der Waals surface area contributed by atoms with Gasteiger partial charge >= 0.3 is 0 Å². The van der Waals surface area contributed by atoms with E-state index in [-0.39, 0.29) is 17.3 Å². The van der Waals surface area contributed by atoms with Gasteiger partial charge in [0.15, 0.2) is 0 Å². The van der Waals surface area contributed by atoms with Crippen molar-refractivity contribution in [2.24, 2.45) is 0 Å². The lowest BCUT2D eigenvalue weighted by Gasteiger charge is -2.17. The predicted octanol–water partition coefficient (Wildman–Crippen LogP) is 4.26. The number of halogens is 1. The van der Waals surface area contributed by atoms with Crippen molar-refractivity contribution in [2.75, 3.05) is 17.3 Å². The molecule has 0 radical (unpaired) electrons. The van der Waals surface area contributed by atoms with Crippen LogP contribution in [0.4, 0.5) is 11.4 Å².